The van der Waals surface area contributed by atoms with E-state index in [9.17, 15) is 4.79 Å². The third kappa shape index (κ3) is 5.78. The molecule has 1 fully saturated rings. The van der Waals surface area contributed by atoms with Crippen molar-refractivity contribution in [2.24, 2.45) is 0 Å². The molecular weight excluding hydrogens is 490 g/mol. The Morgan fingerprint density at radius 2 is 2.28 bits per heavy atom. The summed E-state index contributed by atoms with van der Waals surface area (Å²) in [6, 6.07) is 8.35. The molecule has 0 bridgehead atoms. The summed E-state index contributed by atoms with van der Waals surface area (Å²) < 4.78 is 5.40. The first-order valence-electron chi connectivity index (χ1n) is 8.60. The van der Waals surface area contributed by atoms with E-state index in [4.69, 9.17) is 9.57 Å². The van der Waals surface area contributed by atoms with E-state index in [1.54, 1.807) is 0 Å². The molecule has 7 heteroatoms. The van der Waals surface area contributed by atoms with Gasteiger partial charge in [-0.15, -0.1) is 12.5 Å². The Balaban J connectivity index is 0.00000225. The standard InChI is InChI=1S/C18H25N3O3.W/c1-21-13-14(15-6-2-3-7-16(15)21)12-19-10-9-17(22)20-24-18-8-4-5-11-23-18;/h2-3,6-7,13-14,18H,4-5,8-12H2,1H3,(H,20,22);/q-2;+2. The van der Waals surface area contributed by atoms with Crippen molar-refractivity contribution in [2.45, 2.75) is 37.9 Å². The molecule has 0 aromatic heterocycles. The Kier molecular flexibility index (Phi) is 8.37. The zero-order chi connectivity index (χ0) is 16.8. The van der Waals surface area contributed by atoms with Gasteiger partial charge < -0.3 is 15.0 Å². The van der Waals surface area contributed by atoms with Crippen LogP contribution in [0.3, 0.4) is 0 Å². The SMILES string of the molecule is CN1[CH-]C(C[N-]CCC(=O)NOC2CCCCO2)c2ccccc21.[W+2]. The summed E-state index contributed by atoms with van der Waals surface area (Å²) in [5, 5.41) is 4.52. The number of rotatable bonds is 7. The van der Waals surface area contributed by atoms with Crippen molar-refractivity contribution in [1.82, 2.24) is 5.48 Å². The zero-order valence-electron chi connectivity index (χ0n) is 14.5. The van der Waals surface area contributed by atoms with E-state index >= 15 is 0 Å². The average molecular weight is 515 g/mol. The van der Waals surface area contributed by atoms with Crippen LogP contribution < -0.4 is 10.4 Å². The van der Waals surface area contributed by atoms with Crippen molar-refractivity contribution in [3.63, 3.8) is 0 Å². The van der Waals surface area contributed by atoms with Gasteiger partial charge in [0.1, 0.15) is 0 Å². The minimum Gasteiger partial charge on any atom is -0.663 e. The summed E-state index contributed by atoms with van der Waals surface area (Å²) in [5.41, 5.74) is 4.99. The van der Waals surface area contributed by atoms with E-state index in [-0.39, 0.29) is 33.3 Å². The first kappa shape index (κ1) is 20.4. The van der Waals surface area contributed by atoms with Gasteiger partial charge in [0.15, 0.2) is 6.29 Å². The Hall–Kier alpha value is -0.942. The second kappa shape index (κ2) is 10.3. The molecule has 3 rings (SSSR count). The summed E-state index contributed by atoms with van der Waals surface area (Å²) in [6.45, 7) is 4.07. The molecule has 2 unspecified atom stereocenters. The number of nitrogens with one attached hydrogen (secondary N) is 1. The average Bonchev–Trinajstić information content (AvgIpc) is 2.94. The van der Waals surface area contributed by atoms with E-state index in [0.717, 1.165) is 19.3 Å². The molecule has 1 N–H and O–H groups in total. The van der Waals surface area contributed by atoms with E-state index in [0.29, 0.717) is 32.0 Å². The number of amides is 1. The molecule has 2 aliphatic heterocycles. The number of ether oxygens (including phenoxy) is 1. The second-order valence-corrected chi connectivity index (χ2v) is 6.24. The number of likely N-dealkylation sites (N-methyl/N-ethyl adjacent to an activating group) is 1. The van der Waals surface area contributed by atoms with Crippen LogP contribution in [0.4, 0.5) is 5.69 Å². The molecule has 1 saturated heterocycles. The fourth-order valence-corrected chi connectivity index (χ4v) is 3.10. The number of para-hydroxylation sites is 1. The Morgan fingerprint density at radius 1 is 1.44 bits per heavy atom. The molecule has 1 aromatic carbocycles. The number of hydroxylamine groups is 1. The number of carbonyl (C=O) groups is 1. The van der Waals surface area contributed by atoms with Crippen LogP contribution in [-0.4, -0.2) is 38.9 Å². The van der Waals surface area contributed by atoms with Gasteiger partial charge >= 0.3 is 21.1 Å². The molecule has 2 heterocycles. The maximum Gasteiger partial charge on any atom is 2.00 e. The van der Waals surface area contributed by atoms with E-state index < -0.39 is 0 Å². The predicted molar refractivity (Wildman–Crippen MR) is 92.4 cm³/mol. The van der Waals surface area contributed by atoms with Crippen molar-refractivity contribution in [3.05, 3.63) is 41.7 Å². The van der Waals surface area contributed by atoms with Crippen LogP contribution in [0, 0.1) is 6.54 Å². The molecule has 0 aliphatic carbocycles. The minimum atomic E-state index is -0.306. The maximum atomic E-state index is 11.8. The summed E-state index contributed by atoms with van der Waals surface area (Å²) in [4.78, 5) is 19.2. The van der Waals surface area contributed by atoms with Crippen LogP contribution in [0.15, 0.2) is 24.3 Å². The van der Waals surface area contributed by atoms with Crippen molar-refractivity contribution in [1.29, 1.82) is 0 Å². The molecule has 0 spiro atoms. The summed E-state index contributed by atoms with van der Waals surface area (Å²) in [7, 11) is 2.05. The second-order valence-electron chi connectivity index (χ2n) is 6.24. The van der Waals surface area contributed by atoms with Crippen LogP contribution in [0.2, 0.25) is 0 Å². The molecule has 136 valence electrons. The van der Waals surface area contributed by atoms with Gasteiger partial charge in [-0.25, -0.2) is 16.9 Å². The molecule has 0 radical (unpaired) electrons. The molecule has 2 aliphatic rings. The number of anilines is 1. The molecule has 1 amide bonds. The van der Waals surface area contributed by atoms with Crippen LogP contribution >= 0.6 is 0 Å². The van der Waals surface area contributed by atoms with Crippen molar-refractivity contribution in [2.75, 3.05) is 31.6 Å². The number of fused-ring (bicyclic) bond motifs is 1. The number of hydrogen-bond donors (Lipinski definition) is 1. The van der Waals surface area contributed by atoms with Crippen molar-refractivity contribution < 1.29 is 35.4 Å². The van der Waals surface area contributed by atoms with Crippen LogP contribution in [0.5, 0.6) is 0 Å². The smallest absolute Gasteiger partial charge is 0.663 e. The largest absolute Gasteiger partial charge is 2.00 e. The number of hydrogen-bond acceptors (Lipinski definition) is 4. The van der Waals surface area contributed by atoms with Gasteiger partial charge in [-0.1, -0.05) is 23.8 Å². The third-order valence-corrected chi connectivity index (χ3v) is 4.38. The first-order chi connectivity index (χ1) is 11.7. The zero-order valence-corrected chi connectivity index (χ0v) is 17.5. The molecule has 1 aromatic rings. The molecule has 6 nitrogen and oxygen atoms in total. The van der Waals surface area contributed by atoms with Gasteiger partial charge in [-0.05, 0) is 26.0 Å². The van der Waals surface area contributed by atoms with E-state index in [1.165, 1.54) is 11.3 Å². The van der Waals surface area contributed by atoms with Crippen LogP contribution in [-0.2, 0) is 35.4 Å². The molecule has 25 heavy (non-hydrogen) atoms. The molecule has 0 saturated carbocycles. The fraction of sp³-hybridized carbons (Fsp3) is 0.556. The molecular formula is C18H25N3O3W. The topological polar surface area (TPSA) is 64.9 Å². The van der Waals surface area contributed by atoms with E-state index in [2.05, 4.69) is 47.5 Å². The molecule has 2 atom stereocenters. The van der Waals surface area contributed by atoms with Crippen LogP contribution in [0.25, 0.3) is 5.32 Å². The summed E-state index contributed by atoms with van der Waals surface area (Å²) in [6.07, 6.45) is 2.98. The Morgan fingerprint density at radius 3 is 3.08 bits per heavy atom. The predicted octanol–water partition coefficient (Wildman–Crippen LogP) is 2.72. The quantitative estimate of drug-likeness (QED) is 0.345. The van der Waals surface area contributed by atoms with E-state index in [1.807, 2.05) is 6.07 Å². The number of nitrogens with zero attached hydrogens (tertiary/aromatic N) is 2. The van der Waals surface area contributed by atoms with Gasteiger partial charge in [-0.3, -0.25) is 4.79 Å². The van der Waals surface area contributed by atoms with Gasteiger partial charge in [0, 0.05) is 25.1 Å². The Labute approximate surface area is 163 Å². The fourth-order valence-electron chi connectivity index (χ4n) is 3.10. The number of carbonyl (C=O) groups excluding carboxylic acids is 1. The van der Waals surface area contributed by atoms with Gasteiger partial charge in [-0.2, -0.15) is 6.54 Å². The third-order valence-electron chi connectivity index (χ3n) is 4.38. The van der Waals surface area contributed by atoms with Gasteiger partial charge in [0.2, 0.25) is 5.91 Å². The Bertz CT molecular complexity index is 552. The monoisotopic (exact) mass is 515 g/mol. The normalized spacial score (nSPS) is 22.2. The van der Waals surface area contributed by atoms with Crippen LogP contribution in [0.1, 0.15) is 37.2 Å². The summed E-state index contributed by atoms with van der Waals surface area (Å²) >= 11 is 0. The van der Waals surface area contributed by atoms with Crippen molar-refractivity contribution in [3.8, 4) is 0 Å². The van der Waals surface area contributed by atoms with Gasteiger partial charge in [0.05, 0.1) is 0 Å². The maximum absolute atomic E-state index is 11.8. The first-order valence-corrected chi connectivity index (χ1v) is 8.60. The van der Waals surface area contributed by atoms with Gasteiger partial charge in [0.25, 0.3) is 0 Å². The van der Waals surface area contributed by atoms with Crippen molar-refractivity contribution >= 4 is 11.6 Å². The summed E-state index contributed by atoms with van der Waals surface area (Å²) in [5.74, 6) is 0.141. The minimum absolute atomic E-state index is 0. The number of benzene rings is 1.